The summed E-state index contributed by atoms with van der Waals surface area (Å²) in [6.45, 7) is 7.01. The third-order valence-electron chi connectivity index (χ3n) is 4.34. The van der Waals surface area contributed by atoms with E-state index in [9.17, 15) is 0 Å². The Hall–Kier alpha value is 0.0649. The lowest BCUT2D eigenvalue weighted by Crippen LogP contribution is -2.19. The lowest BCUT2D eigenvalue weighted by atomic mass is 9.68. The van der Waals surface area contributed by atoms with E-state index < -0.39 is 0 Å². The number of rotatable bonds is 11. The van der Waals surface area contributed by atoms with Crippen LogP contribution in [0.1, 0.15) is 85.0 Å². The average molecular weight is 224 g/mol. The minimum absolute atomic E-state index is 0.680. The summed E-state index contributed by atoms with van der Waals surface area (Å²) < 4.78 is 0. The molecule has 0 aliphatic heterocycles. The normalized spacial score (nSPS) is 14.9. The first-order valence-electron chi connectivity index (χ1n) is 7.74. The van der Waals surface area contributed by atoms with Gasteiger partial charge >= 0.3 is 0 Å². The maximum atomic E-state index is 2.39. The largest absolute Gasteiger partial charge is 0.102 e. The van der Waals surface area contributed by atoms with Crippen molar-refractivity contribution >= 4 is 7.85 Å². The van der Waals surface area contributed by atoms with Gasteiger partial charge in [0.15, 0.2) is 0 Å². The maximum absolute atomic E-state index is 2.39. The van der Waals surface area contributed by atoms with Crippen LogP contribution >= 0.6 is 0 Å². The molecule has 0 rings (SSSR count). The molecule has 0 aromatic heterocycles. The van der Waals surface area contributed by atoms with Crippen LogP contribution in [0.2, 0.25) is 6.32 Å². The minimum atomic E-state index is 0.680. The van der Waals surface area contributed by atoms with Gasteiger partial charge in [0.05, 0.1) is 0 Å². The van der Waals surface area contributed by atoms with Crippen molar-refractivity contribution < 1.29 is 0 Å². The van der Waals surface area contributed by atoms with Crippen molar-refractivity contribution in [1.82, 2.24) is 0 Å². The molecule has 1 atom stereocenters. The molecule has 0 aromatic carbocycles. The van der Waals surface area contributed by atoms with Crippen molar-refractivity contribution in [2.75, 3.05) is 0 Å². The molecular formula is C15H33B. The van der Waals surface area contributed by atoms with Crippen LogP contribution in [0.3, 0.4) is 0 Å². The van der Waals surface area contributed by atoms with E-state index in [1.165, 1.54) is 70.5 Å². The smallest absolute Gasteiger partial charge is 0.0755 e. The van der Waals surface area contributed by atoms with E-state index >= 15 is 0 Å². The summed E-state index contributed by atoms with van der Waals surface area (Å²) in [7, 11) is 2.39. The SMILES string of the molecule is BCC(CC)(CCC)CCCCCCCC. The molecule has 96 valence electrons. The predicted molar refractivity (Wildman–Crippen MR) is 79.0 cm³/mol. The number of hydrogen-bond acceptors (Lipinski definition) is 0. The third kappa shape index (κ3) is 6.61. The van der Waals surface area contributed by atoms with Gasteiger partial charge in [-0.05, 0) is 18.3 Å². The maximum Gasteiger partial charge on any atom is 0.102 e. The Labute approximate surface area is 105 Å². The molecule has 0 saturated heterocycles. The van der Waals surface area contributed by atoms with Crippen molar-refractivity contribution in [3.05, 3.63) is 0 Å². The van der Waals surface area contributed by atoms with E-state index in [4.69, 9.17) is 0 Å². The molecule has 1 unspecified atom stereocenters. The highest BCUT2D eigenvalue weighted by atomic mass is 14.3. The van der Waals surface area contributed by atoms with Gasteiger partial charge in [-0.15, -0.1) is 0 Å². The zero-order valence-electron chi connectivity index (χ0n) is 12.3. The van der Waals surface area contributed by atoms with Crippen LogP contribution in [0.25, 0.3) is 0 Å². The highest BCUT2D eigenvalue weighted by Gasteiger charge is 2.23. The van der Waals surface area contributed by atoms with Crippen LogP contribution in [0.4, 0.5) is 0 Å². The molecule has 0 heterocycles. The Kier molecular flexibility index (Phi) is 10.3. The Morgan fingerprint density at radius 3 is 1.88 bits per heavy atom. The van der Waals surface area contributed by atoms with Crippen LogP contribution in [0, 0.1) is 5.41 Å². The fourth-order valence-electron chi connectivity index (χ4n) is 2.89. The first kappa shape index (κ1) is 16.1. The molecule has 0 nitrogen and oxygen atoms in total. The topological polar surface area (TPSA) is 0 Å². The molecule has 1 heteroatoms. The van der Waals surface area contributed by atoms with Gasteiger partial charge in [-0.25, -0.2) is 0 Å². The van der Waals surface area contributed by atoms with Crippen molar-refractivity contribution in [2.24, 2.45) is 5.41 Å². The second-order valence-electron chi connectivity index (χ2n) is 5.47. The lowest BCUT2D eigenvalue weighted by Gasteiger charge is -2.31. The van der Waals surface area contributed by atoms with Crippen LogP contribution in [-0.4, -0.2) is 7.85 Å². The Morgan fingerprint density at radius 2 is 1.38 bits per heavy atom. The second kappa shape index (κ2) is 10.2. The predicted octanol–water partition coefficient (Wildman–Crippen LogP) is 4.98. The van der Waals surface area contributed by atoms with E-state index in [-0.39, 0.29) is 0 Å². The van der Waals surface area contributed by atoms with Crippen molar-refractivity contribution in [3.8, 4) is 0 Å². The van der Waals surface area contributed by atoms with Gasteiger partial charge in [-0.2, -0.15) is 0 Å². The van der Waals surface area contributed by atoms with Crippen molar-refractivity contribution in [2.45, 2.75) is 91.3 Å². The summed E-state index contributed by atoms with van der Waals surface area (Å²) in [4.78, 5) is 0. The molecular weight excluding hydrogens is 191 g/mol. The molecule has 0 fully saturated rings. The molecule has 0 N–H and O–H groups in total. The summed E-state index contributed by atoms with van der Waals surface area (Å²) in [6.07, 6.45) is 15.7. The average Bonchev–Trinajstić information content (AvgIpc) is 2.32. The molecule has 0 bridgehead atoms. The van der Waals surface area contributed by atoms with E-state index in [1.54, 1.807) is 0 Å². The lowest BCUT2D eigenvalue weighted by molar-refractivity contribution is 0.248. The summed E-state index contributed by atoms with van der Waals surface area (Å²) in [5.74, 6) is 0. The van der Waals surface area contributed by atoms with Gasteiger partial charge in [0.1, 0.15) is 7.85 Å². The van der Waals surface area contributed by atoms with E-state index in [1.807, 2.05) is 0 Å². The monoisotopic (exact) mass is 224 g/mol. The molecule has 0 amide bonds. The molecule has 0 aromatic rings. The van der Waals surface area contributed by atoms with Gasteiger partial charge in [0, 0.05) is 0 Å². The third-order valence-corrected chi connectivity index (χ3v) is 4.34. The molecule has 0 saturated carbocycles. The van der Waals surface area contributed by atoms with Crippen molar-refractivity contribution in [1.29, 1.82) is 0 Å². The highest BCUT2D eigenvalue weighted by Crippen LogP contribution is 2.37. The number of unbranched alkanes of at least 4 members (excludes halogenated alkanes) is 5. The van der Waals surface area contributed by atoms with Gasteiger partial charge in [0.2, 0.25) is 0 Å². The summed E-state index contributed by atoms with van der Waals surface area (Å²) in [5, 5.41) is 0. The van der Waals surface area contributed by atoms with Gasteiger partial charge in [-0.3, -0.25) is 0 Å². The molecule has 0 radical (unpaired) electrons. The summed E-state index contributed by atoms with van der Waals surface area (Å²) >= 11 is 0. The van der Waals surface area contributed by atoms with Gasteiger partial charge in [-0.1, -0.05) is 78.5 Å². The zero-order chi connectivity index (χ0) is 12.3. The first-order chi connectivity index (χ1) is 7.74. The fraction of sp³-hybridized carbons (Fsp3) is 1.00. The Morgan fingerprint density at radius 1 is 0.750 bits per heavy atom. The highest BCUT2D eigenvalue weighted by molar-refractivity contribution is 6.09. The van der Waals surface area contributed by atoms with Crippen molar-refractivity contribution in [3.63, 3.8) is 0 Å². The first-order valence-corrected chi connectivity index (χ1v) is 7.74. The molecule has 0 spiro atoms. The van der Waals surface area contributed by atoms with Crippen LogP contribution in [0.5, 0.6) is 0 Å². The van der Waals surface area contributed by atoms with E-state index in [0.29, 0.717) is 5.41 Å². The number of hydrogen-bond donors (Lipinski definition) is 0. The molecule has 0 aliphatic carbocycles. The zero-order valence-corrected chi connectivity index (χ0v) is 12.3. The quantitative estimate of drug-likeness (QED) is 0.343. The molecule has 16 heavy (non-hydrogen) atoms. The fourth-order valence-corrected chi connectivity index (χ4v) is 2.89. The Balaban J connectivity index is 3.67. The Bertz CT molecular complexity index is 138. The minimum Gasteiger partial charge on any atom is -0.0755 e. The van der Waals surface area contributed by atoms with E-state index in [0.717, 1.165) is 0 Å². The van der Waals surface area contributed by atoms with E-state index in [2.05, 4.69) is 28.6 Å². The summed E-state index contributed by atoms with van der Waals surface area (Å²) in [5.41, 5.74) is 0.680. The standard InChI is InChI=1S/C15H33B/c1-4-7-8-9-10-11-13-15(6-3,14-16)12-5-2/h4-14,16H2,1-3H3. The van der Waals surface area contributed by atoms with Crippen LogP contribution < -0.4 is 0 Å². The van der Waals surface area contributed by atoms with Crippen LogP contribution in [-0.2, 0) is 0 Å². The van der Waals surface area contributed by atoms with Crippen LogP contribution in [0.15, 0.2) is 0 Å². The van der Waals surface area contributed by atoms with Gasteiger partial charge in [0.25, 0.3) is 0 Å². The van der Waals surface area contributed by atoms with Gasteiger partial charge < -0.3 is 0 Å². The second-order valence-corrected chi connectivity index (χ2v) is 5.47. The molecule has 0 aliphatic rings. The summed E-state index contributed by atoms with van der Waals surface area (Å²) in [6, 6.07) is 0.